The fourth-order valence-electron chi connectivity index (χ4n) is 17.4. The first-order valence-corrected chi connectivity index (χ1v) is 19.6. The Morgan fingerprint density at radius 1 is 0.477 bits per heavy atom. The van der Waals surface area contributed by atoms with Gasteiger partial charge in [0, 0.05) is 0 Å². The number of rotatable bonds is 0. The fourth-order valence-corrected chi connectivity index (χ4v) is 17.4. The molecule has 0 aromatic heterocycles. The lowest BCUT2D eigenvalue weighted by atomic mass is 9.40. The van der Waals surface area contributed by atoms with Gasteiger partial charge in [-0.3, -0.25) is 0 Å². The van der Waals surface area contributed by atoms with Crippen molar-refractivity contribution in [1.82, 2.24) is 0 Å². The first kappa shape index (κ1) is 29.4. The van der Waals surface area contributed by atoms with Gasteiger partial charge < -0.3 is 0 Å². The van der Waals surface area contributed by atoms with Crippen molar-refractivity contribution in [2.24, 2.45) is 79.8 Å². The molecule has 13 rings (SSSR count). The van der Waals surface area contributed by atoms with E-state index < -0.39 is 0 Å². The maximum absolute atomic E-state index is 2.61. The van der Waals surface area contributed by atoms with E-state index in [2.05, 4.69) is 69.2 Å². The van der Waals surface area contributed by atoms with Crippen molar-refractivity contribution in [2.75, 3.05) is 0 Å². The molecule has 0 nitrogen and oxygen atoms in total. The molecule has 0 aromatic carbocycles. The normalized spacial score (nSPS) is 59.0. The van der Waals surface area contributed by atoms with Crippen molar-refractivity contribution in [3.05, 3.63) is 33.4 Å². The zero-order valence-corrected chi connectivity index (χ0v) is 30.5. The van der Waals surface area contributed by atoms with Crippen LogP contribution in [0.2, 0.25) is 0 Å². The van der Waals surface area contributed by atoms with Gasteiger partial charge in [0.25, 0.3) is 0 Å². The minimum Gasteiger partial charge on any atom is -0.0710 e. The topological polar surface area (TPSA) is 0 Å². The summed E-state index contributed by atoms with van der Waals surface area (Å²) >= 11 is 0. The van der Waals surface area contributed by atoms with Gasteiger partial charge in [-0.05, 0) is 211 Å². The summed E-state index contributed by atoms with van der Waals surface area (Å²) in [4.78, 5) is 0. The van der Waals surface area contributed by atoms with Crippen LogP contribution in [0, 0.1) is 79.8 Å². The van der Waals surface area contributed by atoms with Gasteiger partial charge in [-0.2, -0.15) is 0 Å². The Kier molecular flexibility index (Phi) is 5.75. The van der Waals surface area contributed by atoms with Crippen LogP contribution in [0.15, 0.2) is 33.4 Å². The van der Waals surface area contributed by atoms with Crippen LogP contribution in [0.25, 0.3) is 0 Å². The predicted octanol–water partition coefficient (Wildman–Crippen LogP) is 12.5. The Morgan fingerprint density at radius 2 is 0.909 bits per heavy atom. The maximum atomic E-state index is 2.61. The second-order valence-electron chi connectivity index (χ2n) is 21.1. The molecule has 0 heteroatoms. The molecule has 12 unspecified atom stereocenters. The van der Waals surface area contributed by atoms with Gasteiger partial charge in [-0.15, -0.1) is 0 Å². The third kappa shape index (κ3) is 3.30. The smallest absolute Gasteiger partial charge is 0.0105 e. The van der Waals surface area contributed by atoms with E-state index in [0.29, 0.717) is 27.1 Å². The van der Waals surface area contributed by atoms with Crippen LogP contribution < -0.4 is 0 Å². The third-order valence-electron chi connectivity index (χ3n) is 19.7. The number of fused-ring (bicyclic) bond motifs is 5. The quantitative estimate of drug-likeness (QED) is 0.245. The molecule has 0 radical (unpaired) electrons. The van der Waals surface area contributed by atoms with Crippen LogP contribution in [0.3, 0.4) is 0 Å². The molecule has 242 valence electrons. The third-order valence-corrected chi connectivity index (χ3v) is 19.7. The van der Waals surface area contributed by atoms with Gasteiger partial charge in [-0.1, -0.05) is 61.1 Å². The van der Waals surface area contributed by atoms with Crippen molar-refractivity contribution in [3.8, 4) is 0 Å². The van der Waals surface area contributed by atoms with Crippen LogP contribution in [0.1, 0.15) is 159 Å². The van der Waals surface area contributed by atoms with E-state index in [1.807, 2.05) is 0 Å². The second kappa shape index (κ2) is 8.62. The average Bonchev–Trinajstić information content (AvgIpc) is 3.55. The van der Waals surface area contributed by atoms with Gasteiger partial charge in [0.15, 0.2) is 0 Å². The zero-order valence-electron chi connectivity index (χ0n) is 30.5. The van der Waals surface area contributed by atoms with Gasteiger partial charge >= 0.3 is 0 Å². The second-order valence-corrected chi connectivity index (χ2v) is 21.1. The van der Waals surface area contributed by atoms with Gasteiger partial charge in [0.2, 0.25) is 0 Å². The van der Waals surface area contributed by atoms with Crippen molar-refractivity contribution in [3.63, 3.8) is 0 Å². The summed E-state index contributed by atoms with van der Waals surface area (Å²) in [7, 11) is 0. The minimum absolute atomic E-state index is 0.509. The van der Waals surface area contributed by atoms with E-state index in [0.717, 1.165) is 52.8 Å². The largest absolute Gasteiger partial charge is 0.0710 e. The van der Waals surface area contributed by atoms with Gasteiger partial charge in [-0.25, -0.2) is 0 Å². The Labute approximate surface area is 271 Å². The van der Waals surface area contributed by atoms with Crippen molar-refractivity contribution in [1.29, 1.82) is 0 Å². The molecule has 13 aliphatic carbocycles. The SMILES string of the molecule is CC1=C(C)C2(C)CC3(C)CC4(C)CC1(C)CC43C2.CC1=C(C)C2CC3CC4CC1CC43C2.CC1=C(C)C2CC3CCC2CC13. The Balaban J connectivity index is 0.0000000942. The minimum atomic E-state index is 0.509. The summed E-state index contributed by atoms with van der Waals surface area (Å²) in [6.45, 7) is 24.9. The van der Waals surface area contributed by atoms with Crippen LogP contribution >= 0.6 is 0 Å². The summed E-state index contributed by atoms with van der Waals surface area (Å²) in [6.07, 6.45) is 21.3. The van der Waals surface area contributed by atoms with E-state index >= 15 is 0 Å². The Morgan fingerprint density at radius 3 is 1.32 bits per heavy atom. The summed E-state index contributed by atoms with van der Waals surface area (Å²) in [6, 6.07) is 0. The number of hydrogen-bond donors (Lipinski definition) is 0. The molecule has 0 amide bonds. The van der Waals surface area contributed by atoms with E-state index in [1.54, 1.807) is 78.4 Å². The lowest BCUT2D eigenvalue weighted by Gasteiger charge is -2.64. The number of allylic oxidation sites excluding steroid dienone is 6. The van der Waals surface area contributed by atoms with Crippen molar-refractivity contribution in [2.45, 2.75) is 159 Å². The predicted molar refractivity (Wildman–Crippen MR) is 185 cm³/mol. The molecule has 0 aromatic rings. The highest BCUT2D eigenvalue weighted by atomic mass is 14.8. The van der Waals surface area contributed by atoms with Crippen molar-refractivity contribution >= 4 is 0 Å². The molecular formula is C44H66. The van der Waals surface area contributed by atoms with E-state index in [4.69, 9.17) is 0 Å². The summed E-state index contributed by atoms with van der Waals surface area (Å²) in [5, 5.41) is 0. The summed E-state index contributed by atoms with van der Waals surface area (Å²) < 4.78 is 0. The molecule has 9 saturated carbocycles. The van der Waals surface area contributed by atoms with Gasteiger partial charge in [0.05, 0.1) is 0 Å². The molecule has 2 spiro atoms. The molecule has 9 fully saturated rings. The fraction of sp³-hybridized carbons (Fsp3) is 0.864. The molecule has 0 saturated heterocycles. The molecule has 13 aliphatic rings. The monoisotopic (exact) mass is 595 g/mol. The maximum Gasteiger partial charge on any atom is -0.0105 e. The van der Waals surface area contributed by atoms with Crippen LogP contribution in [0.4, 0.5) is 0 Å². The lowest BCUT2D eigenvalue weighted by Crippen LogP contribution is -2.57. The number of hydrogen-bond acceptors (Lipinski definition) is 0. The molecule has 12 atom stereocenters. The highest BCUT2D eigenvalue weighted by molar-refractivity contribution is 5.41. The van der Waals surface area contributed by atoms with Crippen molar-refractivity contribution < 1.29 is 0 Å². The van der Waals surface area contributed by atoms with E-state index in [-0.39, 0.29) is 0 Å². The highest BCUT2D eigenvalue weighted by Gasteiger charge is 2.80. The zero-order chi connectivity index (χ0) is 31.0. The van der Waals surface area contributed by atoms with Crippen LogP contribution in [-0.2, 0) is 0 Å². The van der Waals surface area contributed by atoms with Crippen LogP contribution in [0.5, 0.6) is 0 Å². The van der Waals surface area contributed by atoms with Crippen LogP contribution in [-0.4, -0.2) is 0 Å². The lowest BCUT2D eigenvalue weighted by molar-refractivity contribution is -0.157. The molecule has 0 N–H and O–H groups in total. The highest BCUT2D eigenvalue weighted by Crippen LogP contribution is 2.89. The molecule has 10 bridgehead atoms. The Bertz CT molecular complexity index is 1310. The first-order chi connectivity index (χ1) is 20.6. The molecule has 0 heterocycles. The standard InChI is InChI=1S/C18H28.C14H20.C12H18/c1-12-13(2)15(4)8-17(6)11-16(5)7-14(12,3)9-18(16,17)10-15;1-8-9(2)11-4-13-5-12-3-10(8)6-14(12,13)7-11;1-7-8(2)12-6-9-3-4-10(12)5-11(7)9/h7-11H2,1-6H3;10-13H,3-7H2,1-2H3;9-12H,3-6H2,1-2H3. The average molecular weight is 595 g/mol. The Hall–Kier alpha value is -0.780. The first-order valence-electron chi connectivity index (χ1n) is 19.6. The molecule has 0 aliphatic heterocycles. The van der Waals surface area contributed by atoms with E-state index in [9.17, 15) is 0 Å². The molecular weight excluding hydrogens is 528 g/mol. The van der Waals surface area contributed by atoms with Gasteiger partial charge in [0.1, 0.15) is 0 Å². The molecule has 44 heavy (non-hydrogen) atoms. The summed E-state index contributed by atoms with van der Waals surface area (Å²) in [5.74, 6) is 8.47. The van der Waals surface area contributed by atoms with E-state index in [1.165, 1.54) is 44.9 Å². The summed E-state index contributed by atoms with van der Waals surface area (Å²) in [5.41, 5.74) is 14.5.